The van der Waals surface area contributed by atoms with Crippen LogP contribution in [0.25, 0.3) is 22.3 Å². The SMILES string of the molecule is C=C(C)C(=O)Oc1ccc(-c2ccc(OC(=O)C(=C)C)c(CCCCCCCCCCCCCCCC)c2)cc1.CCCCCCCCCCCCCCCCc1cc(-c2ccc(O)cc2)ccc1O.F. The van der Waals surface area contributed by atoms with Crippen molar-refractivity contribution in [2.75, 3.05) is 0 Å². The van der Waals surface area contributed by atoms with Crippen molar-refractivity contribution in [2.45, 2.75) is 220 Å². The molecule has 0 spiro atoms. The van der Waals surface area contributed by atoms with Crippen LogP contribution in [-0.4, -0.2) is 22.2 Å². The standard InChI is InChI=1S/C36H50O4.C28H42O2.FH/c1-6-7-8-9-10-11-12-13-14-15-16-17-18-19-20-32-27-31(23-26-34(32)40-36(38)29(4)5)30-21-24-33(25-22-30)39-35(37)28(2)3;1-2-3-4-5-6-7-8-9-10-11-12-13-14-15-16-26-23-25(19-22-28(26)30)24-17-20-27(29)21-18-24;/h21-27H,2,4,6-20H2,1,3,5H3;17-23,29-30H,2-16H2,1H3;1H. The fourth-order valence-corrected chi connectivity index (χ4v) is 8.79. The Labute approximate surface area is 430 Å². The topological polar surface area (TPSA) is 93.1 Å². The molecule has 0 radical (unpaired) electrons. The number of aromatic hydroxyl groups is 2. The predicted molar refractivity (Wildman–Crippen MR) is 299 cm³/mol. The van der Waals surface area contributed by atoms with Crippen LogP contribution in [0.1, 0.15) is 219 Å². The van der Waals surface area contributed by atoms with E-state index in [1.54, 1.807) is 44.2 Å². The molecule has 0 saturated heterocycles. The van der Waals surface area contributed by atoms with Gasteiger partial charge in [0.15, 0.2) is 0 Å². The van der Waals surface area contributed by atoms with Gasteiger partial charge in [0.2, 0.25) is 0 Å². The third-order valence-electron chi connectivity index (χ3n) is 13.2. The van der Waals surface area contributed by atoms with Gasteiger partial charge < -0.3 is 19.7 Å². The molecule has 0 atom stereocenters. The summed E-state index contributed by atoms with van der Waals surface area (Å²) in [7, 11) is 0. The monoisotopic (exact) mass is 977 g/mol. The van der Waals surface area contributed by atoms with E-state index < -0.39 is 11.9 Å². The van der Waals surface area contributed by atoms with Crippen LogP contribution < -0.4 is 9.47 Å². The Hall–Kier alpha value is -5.17. The minimum atomic E-state index is -0.438. The normalized spacial score (nSPS) is 10.8. The zero-order chi connectivity index (χ0) is 50.6. The summed E-state index contributed by atoms with van der Waals surface area (Å²) in [6, 6.07) is 26.4. The van der Waals surface area contributed by atoms with Gasteiger partial charge in [-0.05, 0) is 121 Å². The highest BCUT2D eigenvalue weighted by molar-refractivity contribution is 5.89. The first-order valence-corrected chi connectivity index (χ1v) is 27.6. The molecule has 4 rings (SSSR count). The molecule has 7 heteroatoms. The van der Waals surface area contributed by atoms with Gasteiger partial charge >= 0.3 is 11.9 Å². The Kier molecular flexibility index (Phi) is 33.6. The van der Waals surface area contributed by atoms with E-state index in [1.807, 2.05) is 42.5 Å². The Morgan fingerprint density at radius 3 is 1.14 bits per heavy atom. The molecular formula is C64H93FO6. The van der Waals surface area contributed by atoms with Crippen molar-refractivity contribution >= 4 is 11.9 Å². The van der Waals surface area contributed by atoms with E-state index in [2.05, 4.69) is 39.1 Å². The fraction of sp³-hybridized carbons (Fsp3) is 0.531. The molecular weight excluding hydrogens is 884 g/mol. The number of hydrogen-bond acceptors (Lipinski definition) is 6. The summed E-state index contributed by atoms with van der Waals surface area (Å²) in [5, 5.41) is 19.6. The predicted octanol–water partition coefficient (Wildman–Crippen LogP) is 19.3. The first-order valence-electron chi connectivity index (χ1n) is 27.6. The van der Waals surface area contributed by atoms with Crippen LogP contribution in [0.3, 0.4) is 0 Å². The van der Waals surface area contributed by atoms with E-state index in [0.29, 0.717) is 28.4 Å². The smallest absolute Gasteiger partial charge is 0.338 e. The van der Waals surface area contributed by atoms with E-state index in [4.69, 9.17) is 9.47 Å². The maximum Gasteiger partial charge on any atom is 0.338 e. The summed E-state index contributed by atoms with van der Waals surface area (Å²) >= 11 is 0. The van der Waals surface area contributed by atoms with Gasteiger partial charge in [-0.3, -0.25) is 4.70 Å². The van der Waals surface area contributed by atoms with Crippen molar-refractivity contribution in [3.8, 4) is 45.3 Å². The van der Waals surface area contributed by atoms with Gasteiger partial charge in [0.05, 0.1) is 0 Å². The lowest BCUT2D eigenvalue weighted by Crippen LogP contribution is -2.10. The van der Waals surface area contributed by atoms with Crippen LogP contribution in [0.5, 0.6) is 23.0 Å². The molecule has 71 heavy (non-hydrogen) atoms. The summed E-state index contributed by atoms with van der Waals surface area (Å²) in [4.78, 5) is 24.0. The van der Waals surface area contributed by atoms with Crippen molar-refractivity contribution in [3.63, 3.8) is 0 Å². The molecule has 0 unspecified atom stereocenters. The number of halogens is 1. The number of esters is 2. The quantitative estimate of drug-likeness (QED) is 0.0204. The summed E-state index contributed by atoms with van der Waals surface area (Å²) in [5.41, 5.74) is 6.96. The first-order chi connectivity index (χ1) is 34.0. The van der Waals surface area contributed by atoms with Crippen LogP contribution in [0.2, 0.25) is 0 Å². The van der Waals surface area contributed by atoms with Gasteiger partial charge in [-0.1, -0.05) is 230 Å². The highest BCUT2D eigenvalue weighted by atomic mass is 19.0. The molecule has 0 amide bonds. The second-order valence-corrected chi connectivity index (χ2v) is 19.8. The lowest BCUT2D eigenvalue weighted by molar-refractivity contribution is -0.131. The first kappa shape index (κ1) is 61.9. The maximum atomic E-state index is 12.2. The number of phenolic OH excluding ortho intramolecular Hbond substituents is 2. The summed E-state index contributed by atoms with van der Waals surface area (Å²) in [6.45, 7) is 15.2. The highest BCUT2D eigenvalue weighted by Gasteiger charge is 2.13. The number of phenols is 2. The van der Waals surface area contributed by atoms with Gasteiger partial charge in [-0.15, -0.1) is 0 Å². The van der Waals surface area contributed by atoms with E-state index in [1.165, 1.54) is 161 Å². The Bertz CT molecular complexity index is 2070. The van der Waals surface area contributed by atoms with Crippen molar-refractivity contribution in [1.82, 2.24) is 0 Å². The molecule has 4 aromatic carbocycles. The molecule has 2 N–H and O–H groups in total. The summed E-state index contributed by atoms with van der Waals surface area (Å²) < 4.78 is 11.0. The Morgan fingerprint density at radius 2 is 0.732 bits per heavy atom. The van der Waals surface area contributed by atoms with Gasteiger partial charge in [0.25, 0.3) is 0 Å². The van der Waals surface area contributed by atoms with Crippen molar-refractivity contribution in [2.24, 2.45) is 0 Å². The number of benzene rings is 4. The molecule has 0 aromatic heterocycles. The van der Waals surface area contributed by atoms with Gasteiger partial charge in [0, 0.05) is 11.1 Å². The average molecular weight is 977 g/mol. The number of carbonyl (C=O) groups excluding carboxylic acids is 2. The van der Waals surface area contributed by atoms with E-state index in [0.717, 1.165) is 65.5 Å². The molecule has 0 aliphatic carbocycles. The van der Waals surface area contributed by atoms with Gasteiger partial charge in [-0.25, -0.2) is 9.59 Å². The summed E-state index contributed by atoms with van der Waals surface area (Å²) in [6.07, 6.45) is 39.3. The zero-order valence-electron chi connectivity index (χ0n) is 44.6. The van der Waals surface area contributed by atoms with Crippen LogP contribution in [0, 0.1) is 0 Å². The molecule has 0 aliphatic heterocycles. The lowest BCUT2D eigenvalue weighted by Gasteiger charge is -2.13. The Morgan fingerprint density at radius 1 is 0.408 bits per heavy atom. The number of ether oxygens (including phenoxy) is 2. The second-order valence-electron chi connectivity index (χ2n) is 19.8. The molecule has 0 saturated carbocycles. The minimum absolute atomic E-state index is 0. The van der Waals surface area contributed by atoms with Crippen molar-refractivity contribution in [1.29, 1.82) is 0 Å². The number of hydrogen-bond donors (Lipinski definition) is 2. The van der Waals surface area contributed by atoms with Crippen LogP contribution in [-0.2, 0) is 22.4 Å². The molecule has 4 aromatic rings. The van der Waals surface area contributed by atoms with Crippen molar-refractivity contribution in [3.05, 3.63) is 120 Å². The van der Waals surface area contributed by atoms with Gasteiger partial charge in [-0.2, -0.15) is 0 Å². The zero-order valence-corrected chi connectivity index (χ0v) is 44.6. The van der Waals surface area contributed by atoms with E-state index >= 15 is 0 Å². The van der Waals surface area contributed by atoms with Crippen LogP contribution in [0.4, 0.5) is 4.70 Å². The molecule has 0 fully saturated rings. The molecule has 0 bridgehead atoms. The fourth-order valence-electron chi connectivity index (χ4n) is 8.79. The second kappa shape index (κ2) is 38.5. The third kappa shape index (κ3) is 27.3. The van der Waals surface area contributed by atoms with E-state index in [-0.39, 0.29) is 10.5 Å². The van der Waals surface area contributed by atoms with E-state index in [9.17, 15) is 19.8 Å². The molecule has 392 valence electrons. The number of aryl methyl sites for hydroxylation is 2. The minimum Gasteiger partial charge on any atom is -0.508 e. The van der Waals surface area contributed by atoms with Crippen LogP contribution >= 0.6 is 0 Å². The summed E-state index contributed by atoms with van der Waals surface area (Å²) in [5.74, 6) is 0.905. The Balaban J connectivity index is 0.000000499. The number of unbranched alkanes of at least 4 members (excludes halogenated alkanes) is 26. The maximum absolute atomic E-state index is 12.2. The number of carbonyl (C=O) groups is 2. The largest absolute Gasteiger partial charge is 0.508 e. The van der Waals surface area contributed by atoms with Crippen LogP contribution in [0.15, 0.2) is 109 Å². The van der Waals surface area contributed by atoms with Gasteiger partial charge in [0.1, 0.15) is 23.0 Å². The lowest BCUT2D eigenvalue weighted by atomic mass is 9.98. The molecule has 6 nitrogen and oxygen atoms in total. The van der Waals surface area contributed by atoms with Crippen molar-refractivity contribution < 1.29 is 34.0 Å². The highest BCUT2D eigenvalue weighted by Crippen LogP contribution is 2.31. The average Bonchev–Trinajstić information content (AvgIpc) is 3.35. The molecule has 0 aliphatic rings. The molecule has 0 heterocycles. The third-order valence-corrected chi connectivity index (χ3v) is 13.2. The number of rotatable bonds is 36.